The zero-order valence-corrected chi connectivity index (χ0v) is 22.0. The van der Waals surface area contributed by atoms with Gasteiger partial charge < -0.3 is 10.4 Å². The van der Waals surface area contributed by atoms with Crippen LogP contribution < -0.4 is 5.32 Å². The third-order valence-electron chi connectivity index (χ3n) is 7.99. The monoisotopic (exact) mass is 510 g/mol. The molecule has 4 rings (SSSR count). The number of hydrogen-bond acceptors (Lipinski definition) is 5. The van der Waals surface area contributed by atoms with Crippen LogP contribution in [-0.2, 0) is 16.3 Å². The van der Waals surface area contributed by atoms with Gasteiger partial charge in [-0.15, -0.1) is 0 Å². The van der Waals surface area contributed by atoms with Gasteiger partial charge in [-0.3, -0.25) is 4.98 Å². The summed E-state index contributed by atoms with van der Waals surface area (Å²) < 4.78 is 39.2. The molecule has 5 nitrogen and oxygen atoms in total. The lowest BCUT2D eigenvalue weighted by molar-refractivity contribution is -0.0571. The molecule has 7 heteroatoms. The summed E-state index contributed by atoms with van der Waals surface area (Å²) in [5, 5.41) is 14.9. The number of anilines is 1. The highest BCUT2D eigenvalue weighted by atomic mass is 32.2. The van der Waals surface area contributed by atoms with Crippen LogP contribution in [0.5, 0.6) is 0 Å². The zero-order valence-electron chi connectivity index (χ0n) is 21.2. The van der Waals surface area contributed by atoms with Gasteiger partial charge in [-0.05, 0) is 100 Å². The van der Waals surface area contributed by atoms with E-state index in [0.717, 1.165) is 29.8 Å². The molecule has 0 aliphatic heterocycles. The van der Waals surface area contributed by atoms with E-state index in [1.165, 1.54) is 17.7 Å². The number of aliphatic hydroxyl groups is 1. The van der Waals surface area contributed by atoms with Crippen LogP contribution in [0.15, 0.2) is 83.1 Å². The Morgan fingerprint density at radius 2 is 1.97 bits per heavy atom. The van der Waals surface area contributed by atoms with Gasteiger partial charge in [0.25, 0.3) is 0 Å². The van der Waals surface area contributed by atoms with Crippen LogP contribution in [0.25, 0.3) is 0 Å². The largest absolute Gasteiger partial charge is 0.389 e. The maximum absolute atomic E-state index is 13.4. The highest BCUT2D eigenvalue weighted by Crippen LogP contribution is 2.60. The number of nitrogens with zero attached hydrogens (tertiary/aromatic N) is 1. The Kier molecular flexibility index (Phi) is 7.26. The average Bonchev–Trinajstić information content (AvgIpc) is 3.15. The number of fused-ring (bicyclic) bond motifs is 1. The molecule has 2 aromatic rings. The van der Waals surface area contributed by atoms with Crippen molar-refractivity contribution in [2.45, 2.75) is 75.0 Å². The summed E-state index contributed by atoms with van der Waals surface area (Å²) in [4.78, 5) is 4.65. The number of nitrogens with one attached hydrogen (secondary N) is 1. The maximum Gasteiger partial charge on any atom is 0.182 e. The average molecular weight is 511 g/mol. The van der Waals surface area contributed by atoms with Crippen molar-refractivity contribution in [3.63, 3.8) is 0 Å². The highest BCUT2D eigenvalue weighted by molar-refractivity contribution is 7.92. The first-order valence-electron chi connectivity index (χ1n) is 12.6. The second-order valence-electron chi connectivity index (χ2n) is 10.1. The molecule has 0 spiro atoms. The Labute approximate surface area is 213 Å². The molecule has 1 aromatic heterocycles. The van der Waals surface area contributed by atoms with Gasteiger partial charge in [0.2, 0.25) is 0 Å². The summed E-state index contributed by atoms with van der Waals surface area (Å²) in [6, 6.07) is 9.50. The van der Waals surface area contributed by atoms with Crippen LogP contribution in [0.4, 0.5) is 10.1 Å². The first-order chi connectivity index (χ1) is 17.1. The number of aryl methyl sites for hydroxylation is 1. The second-order valence-corrected chi connectivity index (χ2v) is 12.6. The summed E-state index contributed by atoms with van der Waals surface area (Å²) in [7, 11) is -3.48. The molecule has 0 bridgehead atoms. The molecule has 1 fully saturated rings. The van der Waals surface area contributed by atoms with Gasteiger partial charge in [0.1, 0.15) is 5.82 Å². The van der Waals surface area contributed by atoms with Gasteiger partial charge in [0.05, 0.1) is 21.4 Å². The van der Waals surface area contributed by atoms with Crippen LogP contribution in [-0.4, -0.2) is 29.4 Å². The number of rotatable bonds is 9. The van der Waals surface area contributed by atoms with Crippen LogP contribution in [0, 0.1) is 11.2 Å². The Morgan fingerprint density at radius 1 is 1.25 bits per heavy atom. The molecule has 2 N–H and O–H groups in total. The van der Waals surface area contributed by atoms with E-state index in [1.54, 1.807) is 44.3 Å². The number of hydrogen-bond donors (Lipinski definition) is 2. The molecule has 1 saturated carbocycles. The number of sulfone groups is 1. The van der Waals surface area contributed by atoms with E-state index in [4.69, 9.17) is 0 Å². The lowest BCUT2D eigenvalue weighted by atomic mass is 9.62. The lowest BCUT2D eigenvalue weighted by Crippen LogP contribution is -2.46. The van der Waals surface area contributed by atoms with Crippen LogP contribution >= 0.6 is 0 Å². The van der Waals surface area contributed by atoms with Crippen molar-refractivity contribution >= 4 is 15.5 Å². The lowest BCUT2D eigenvalue weighted by Gasteiger charge is -2.45. The van der Waals surface area contributed by atoms with E-state index >= 15 is 0 Å². The highest BCUT2D eigenvalue weighted by Gasteiger charge is 2.56. The molecule has 0 amide bonds. The molecule has 0 radical (unpaired) electrons. The van der Waals surface area contributed by atoms with Gasteiger partial charge in [0, 0.05) is 23.0 Å². The third kappa shape index (κ3) is 4.55. The van der Waals surface area contributed by atoms with Crippen molar-refractivity contribution in [1.29, 1.82) is 0 Å². The van der Waals surface area contributed by atoms with Crippen molar-refractivity contribution in [3.05, 3.63) is 89.7 Å². The third-order valence-corrected chi connectivity index (χ3v) is 10.2. The number of benzene rings is 1. The van der Waals surface area contributed by atoms with Crippen molar-refractivity contribution in [1.82, 2.24) is 4.98 Å². The number of pyridine rings is 1. The number of allylic oxidation sites excluding steroid dienone is 3. The standard InChI is InChI=1S/C29H35FN2O3S/c1-5-21-19-28(6-2)22(18-26(21)32-24-11-9-23(30)10-12-24)13-15-29(28,33)16-14-25-27(8-7-17-31-25)36(34,35)20(3)4/h5,7-12,17-18,20,32-33H,1,6,13-16,19H2,2-4H3/t28-,29+/m0/s1. The Hall–Kier alpha value is -2.77. The van der Waals surface area contributed by atoms with Gasteiger partial charge in [-0.2, -0.15) is 0 Å². The molecule has 2 aliphatic carbocycles. The fourth-order valence-corrected chi connectivity index (χ4v) is 7.04. The van der Waals surface area contributed by atoms with Crippen molar-refractivity contribution in [2.75, 3.05) is 5.32 Å². The molecular formula is C29H35FN2O3S. The van der Waals surface area contributed by atoms with E-state index in [0.29, 0.717) is 31.4 Å². The second kappa shape index (κ2) is 9.94. The van der Waals surface area contributed by atoms with E-state index in [9.17, 15) is 17.9 Å². The Bertz CT molecular complexity index is 1310. The normalized spacial score (nSPS) is 24.0. The first kappa shape index (κ1) is 26.3. The maximum atomic E-state index is 13.4. The summed E-state index contributed by atoms with van der Waals surface area (Å²) in [5.41, 5.74) is 2.92. The Morgan fingerprint density at radius 3 is 2.61 bits per heavy atom. The molecule has 1 heterocycles. The minimum atomic E-state index is -3.48. The predicted octanol–water partition coefficient (Wildman–Crippen LogP) is 6.14. The SMILES string of the molecule is C=CC1=C(Nc2ccc(F)cc2)C=C2CC[C@@](O)(CCc3ncccc3S(=O)(=O)C(C)C)[C@@]2(CC)C1. The molecule has 1 aromatic carbocycles. The quantitative estimate of drug-likeness (QED) is 0.424. The van der Waals surface area contributed by atoms with Crippen LogP contribution in [0.3, 0.4) is 0 Å². The van der Waals surface area contributed by atoms with E-state index in [2.05, 4.69) is 29.9 Å². The van der Waals surface area contributed by atoms with Crippen LogP contribution in [0.2, 0.25) is 0 Å². The van der Waals surface area contributed by atoms with Crippen molar-refractivity contribution < 1.29 is 17.9 Å². The minimum absolute atomic E-state index is 0.254. The van der Waals surface area contributed by atoms with E-state index in [1.807, 2.05) is 6.08 Å². The Balaban J connectivity index is 1.62. The minimum Gasteiger partial charge on any atom is -0.389 e. The molecule has 2 atom stereocenters. The fourth-order valence-electron chi connectivity index (χ4n) is 5.78. The molecule has 36 heavy (non-hydrogen) atoms. The van der Waals surface area contributed by atoms with Gasteiger partial charge in [0.15, 0.2) is 9.84 Å². The topological polar surface area (TPSA) is 79.3 Å². The molecule has 0 saturated heterocycles. The summed E-state index contributed by atoms with van der Waals surface area (Å²) >= 11 is 0. The molecular weight excluding hydrogens is 475 g/mol. The fraction of sp³-hybridized carbons (Fsp3) is 0.414. The summed E-state index contributed by atoms with van der Waals surface area (Å²) in [5.74, 6) is -0.288. The number of halogens is 1. The number of aromatic nitrogens is 1. The van der Waals surface area contributed by atoms with Gasteiger partial charge in [-0.1, -0.05) is 25.2 Å². The first-order valence-corrected chi connectivity index (χ1v) is 14.1. The zero-order chi connectivity index (χ0) is 26.1. The van der Waals surface area contributed by atoms with Crippen molar-refractivity contribution in [3.8, 4) is 0 Å². The van der Waals surface area contributed by atoms with Gasteiger partial charge in [-0.25, -0.2) is 12.8 Å². The smallest absolute Gasteiger partial charge is 0.182 e. The predicted molar refractivity (Wildman–Crippen MR) is 142 cm³/mol. The van der Waals surface area contributed by atoms with E-state index < -0.39 is 26.1 Å². The van der Waals surface area contributed by atoms with Crippen molar-refractivity contribution in [2.24, 2.45) is 5.41 Å². The summed E-state index contributed by atoms with van der Waals surface area (Å²) in [6.45, 7) is 9.46. The van der Waals surface area contributed by atoms with Crippen LogP contribution in [0.1, 0.15) is 58.6 Å². The van der Waals surface area contributed by atoms with E-state index in [-0.39, 0.29) is 10.7 Å². The molecule has 192 valence electrons. The molecule has 2 aliphatic rings. The van der Waals surface area contributed by atoms with Gasteiger partial charge >= 0.3 is 0 Å². The summed E-state index contributed by atoms with van der Waals surface area (Å²) in [6.07, 6.45) is 9.06. The molecule has 0 unspecified atom stereocenters.